The van der Waals surface area contributed by atoms with Gasteiger partial charge in [0.15, 0.2) is 0 Å². The highest BCUT2D eigenvalue weighted by atomic mass is 79.9. The third kappa shape index (κ3) is 4.13. The van der Waals surface area contributed by atoms with Crippen molar-refractivity contribution < 1.29 is 9.13 Å². The van der Waals surface area contributed by atoms with E-state index in [1.165, 1.54) is 31.5 Å². The number of halogens is 3. The van der Waals surface area contributed by atoms with Crippen LogP contribution in [0.4, 0.5) is 10.1 Å². The summed E-state index contributed by atoms with van der Waals surface area (Å²) in [4.78, 5) is 4.14. The zero-order valence-electron chi connectivity index (χ0n) is 12.6. The molecule has 2 N–H and O–H groups in total. The van der Waals surface area contributed by atoms with E-state index in [-0.39, 0.29) is 5.82 Å². The molecule has 1 aromatic heterocycles. The van der Waals surface area contributed by atoms with E-state index in [4.69, 9.17) is 27.3 Å². The molecule has 0 aliphatic rings. The lowest BCUT2D eigenvalue weighted by Crippen LogP contribution is -1.93. The smallest absolute Gasteiger partial charge is 0.137 e. The molecule has 0 saturated carbocycles. The highest BCUT2D eigenvalue weighted by Gasteiger charge is 2.04. The van der Waals surface area contributed by atoms with Crippen LogP contribution in [0.5, 0.6) is 5.75 Å². The lowest BCUT2D eigenvalue weighted by molar-refractivity contribution is 0.414. The molecule has 0 bridgehead atoms. The Bertz CT molecular complexity index is 928. The van der Waals surface area contributed by atoms with E-state index >= 15 is 0 Å². The standard InChI is InChI=1S/C10H6BrN3.C7H6ClFO/c11-7-1-2-8-9(3-7)14-5-6(4-12)10(8)13;1-10-7-3-2-5(9)4-6(7)8/h1-3,5H,(H2,13,14);2-4H,1H3. The largest absolute Gasteiger partial charge is 0.495 e. The lowest BCUT2D eigenvalue weighted by atomic mass is 10.1. The number of pyridine rings is 1. The van der Waals surface area contributed by atoms with E-state index in [2.05, 4.69) is 20.9 Å². The first-order chi connectivity index (χ1) is 11.5. The second kappa shape index (κ2) is 7.95. The van der Waals surface area contributed by atoms with Crippen LogP contribution in [-0.2, 0) is 0 Å². The fraction of sp³-hybridized carbons (Fsp3) is 0.0588. The third-order valence-corrected chi connectivity index (χ3v) is 3.90. The first-order valence-electron chi connectivity index (χ1n) is 6.69. The summed E-state index contributed by atoms with van der Waals surface area (Å²) in [7, 11) is 1.49. The van der Waals surface area contributed by atoms with Gasteiger partial charge in [0.2, 0.25) is 0 Å². The summed E-state index contributed by atoms with van der Waals surface area (Å²) in [6, 6.07) is 11.6. The average molecular weight is 409 g/mol. The number of hydrogen-bond donors (Lipinski definition) is 1. The fourth-order valence-electron chi connectivity index (χ4n) is 1.92. The van der Waals surface area contributed by atoms with Gasteiger partial charge in [0, 0.05) is 16.1 Å². The number of nitriles is 1. The SMILES string of the molecule is COc1ccc(F)cc1Cl.N#Cc1cnc2cc(Br)ccc2c1N. The van der Waals surface area contributed by atoms with Crippen LogP contribution in [0.2, 0.25) is 5.02 Å². The van der Waals surface area contributed by atoms with Crippen molar-refractivity contribution in [1.82, 2.24) is 4.98 Å². The molecule has 3 rings (SSSR count). The monoisotopic (exact) mass is 407 g/mol. The van der Waals surface area contributed by atoms with Crippen molar-refractivity contribution in [3.8, 4) is 11.8 Å². The Balaban J connectivity index is 0.000000185. The molecular formula is C17H12BrClFN3O. The second-order valence-corrected chi connectivity index (χ2v) is 5.96. The maximum Gasteiger partial charge on any atom is 0.137 e. The van der Waals surface area contributed by atoms with Crippen molar-refractivity contribution >= 4 is 44.1 Å². The van der Waals surface area contributed by atoms with Crippen molar-refractivity contribution in [3.05, 3.63) is 63.5 Å². The summed E-state index contributed by atoms with van der Waals surface area (Å²) in [5.74, 6) is 0.133. The van der Waals surface area contributed by atoms with Gasteiger partial charge < -0.3 is 10.5 Å². The predicted molar refractivity (Wildman–Crippen MR) is 96.5 cm³/mol. The van der Waals surface area contributed by atoms with Crippen molar-refractivity contribution in [2.75, 3.05) is 12.8 Å². The number of nitrogens with two attached hydrogens (primary N) is 1. The summed E-state index contributed by atoms with van der Waals surface area (Å²) < 4.78 is 18.1. The Morgan fingerprint density at radius 1 is 1.29 bits per heavy atom. The number of methoxy groups -OCH3 is 1. The molecule has 0 saturated heterocycles. The molecule has 3 aromatic rings. The second-order valence-electron chi connectivity index (χ2n) is 4.64. The molecule has 0 aliphatic carbocycles. The molecule has 7 heteroatoms. The predicted octanol–water partition coefficient (Wildman–Crippen LogP) is 4.94. The third-order valence-electron chi connectivity index (χ3n) is 3.11. The number of hydrogen-bond acceptors (Lipinski definition) is 4. The average Bonchev–Trinajstić information content (AvgIpc) is 2.56. The summed E-state index contributed by atoms with van der Waals surface area (Å²) in [5.41, 5.74) is 7.50. The van der Waals surface area contributed by atoms with Gasteiger partial charge >= 0.3 is 0 Å². The number of aromatic nitrogens is 1. The maximum atomic E-state index is 12.3. The van der Waals surface area contributed by atoms with Crippen molar-refractivity contribution in [2.45, 2.75) is 0 Å². The van der Waals surface area contributed by atoms with Crippen LogP contribution < -0.4 is 10.5 Å². The summed E-state index contributed by atoms with van der Waals surface area (Å²) in [5, 5.41) is 9.86. The van der Waals surface area contributed by atoms with Gasteiger partial charge in [-0.2, -0.15) is 5.26 Å². The summed E-state index contributed by atoms with van der Waals surface area (Å²) in [6.45, 7) is 0. The van der Waals surface area contributed by atoms with E-state index in [9.17, 15) is 4.39 Å². The molecule has 24 heavy (non-hydrogen) atoms. The molecular weight excluding hydrogens is 397 g/mol. The highest BCUT2D eigenvalue weighted by Crippen LogP contribution is 2.25. The number of benzene rings is 2. The molecule has 0 aliphatic heterocycles. The van der Waals surface area contributed by atoms with E-state index < -0.39 is 0 Å². The van der Waals surface area contributed by atoms with Crippen LogP contribution in [0.3, 0.4) is 0 Å². The molecule has 4 nitrogen and oxygen atoms in total. The molecule has 122 valence electrons. The maximum absolute atomic E-state index is 12.3. The first-order valence-corrected chi connectivity index (χ1v) is 7.86. The zero-order chi connectivity index (χ0) is 17.7. The number of nitrogens with zero attached hydrogens (tertiary/aromatic N) is 2. The molecule has 0 spiro atoms. The Hall–Kier alpha value is -2.36. The minimum absolute atomic E-state index is 0.294. The Morgan fingerprint density at radius 3 is 2.67 bits per heavy atom. The van der Waals surface area contributed by atoms with Gasteiger partial charge in [0.25, 0.3) is 0 Å². The van der Waals surface area contributed by atoms with Crippen molar-refractivity contribution in [3.63, 3.8) is 0 Å². The Kier molecular flexibility index (Phi) is 5.96. The normalized spacial score (nSPS) is 9.79. The minimum atomic E-state index is -0.356. The molecule has 1 heterocycles. The van der Waals surface area contributed by atoms with Gasteiger partial charge in [-0.15, -0.1) is 0 Å². The van der Waals surface area contributed by atoms with Crippen LogP contribution in [-0.4, -0.2) is 12.1 Å². The van der Waals surface area contributed by atoms with Gasteiger partial charge in [0.1, 0.15) is 17.6 Å². The Labute approximate surface area is 151 Å². The molecule has 0 amide bonds. The number of rotatable bonds is 1. The van der Waals surface area contributed by atoms with Crippen LogP contribution in [0.25, 0.3) is 10.9 Å². The van der Waals surface area contributed by atoms with E-state index in [1.54, 1.807) is 0 Å². The first kappa shape index (κ1) is 18.0. The van der Waals surface area contributed by atoms with Gasteiger partial charge in [0.05, 0.1) is 28.9 Å². The van der Waals surface area contributed by atoms with Crippen LogP contribution >= 0.6 is 27.5 Å². The molecule has 0 fully saturated rings. The van der Waals surface area contributed by atoms with E-state index in [1.807, 2.05) is 24.3 Å². The summed E-state index contributed by atoms with van der Waals surface area (Å²) >= 11 is 8.91. The number of nitrogen functional groups attached to an aromatic ring is 1. The van der Waals surface area contributed by atoms with E-state index in [0.717, 1.165) is 15.4 Å². The van der Waals surface area contributed by atoms with Crippen LogP contribution in [0.15, 0.2) is 47.1 Å². The number of anilines is 1. The number of ether oxygens (including phenoxy) is 1. The van der Waals surface area contributed by atoms with Crippen LogP contribution in [0, 0.1) is 17.1 Å². The molecule has 0 radical (unpaired) electrons. The number of fused-ring (bicyclic) bond motifs is 1. The van der Waals surface area contributed by atoms with E-state index in [0.29, 0.717) is 22.0 Å². The zero-order valence-corrected chi connectivity index (χ0v) is 14.9. The van der Waals surface area contributed by atoms with Gasteiger partial charge in [-0.05, 0) is 36.4 Å². The fourth-order valence-corrected chi connectivity index (χ4v) is 2.51. The van der Waals surface area contributed by atoms with Gasteiger partial charge in [-0.25, -0.2) is 4.39 Å². The quantitative estimate of drug-likeness (QED) is 0.619. The molecule has 2 aromatic carbocycles. The lowest BCUT2D eigenvalue weighted by Gasteiger charge is -2.02. The van der Waals surface area contributed by atoms with Crippen LogP contribution in [0.1, 0.15) is 5.56 Å². The topological polar surface area (TPSA) is 71.9 Å². The minimum Gasteiger partial charge on any atom is -0.495 e. The van der Waals surface area contributed by atoms with Gasteiger partial charge in [-0.3, -0.25) is 4.98 Å². The Morgan fingerprint density at radius 2 is 2.04 bits per heavy atom. The molecule has 0 unspecified atom stereocenters. The van der Waals surface area contributed by atoms with Crippen molar-refractivity contribution in [2.24, 2.45) is 0 Å². The van der Waals surface area contributed by atoms with Crippen molar-refractivity contribution in [1.29, 1.82) is 5.26 Å². The van der Waals surface area contributed by atoms with Gasteiger partial charge in [-0.1, -0.05) is 27.5 Å². The molecule has 0 atom stereocenters. The summed E-state index contributed by atoms with van der Waals surface area (Å²) in [6.07, 6.45) is 1.49. The highest BCUT2D eigenvalue weighted by molar-refractivity contribution is 9.10.